The monoisotopic (exact) mass is 329 g/mol. The van der Waals surface area contributed by atoms with Gasteiger partial charge in [0, 0.05) is 18.9 Å². The topological polar surface area (TPSA) is 66.4 Å². The fourth-order valence-corrected chi connectivity index (χ4v) is 2.86. The average Bonchev–Trinajstić information content (AvgIpc) is 3.18. The van der Waals surface area contributed by atoms with Gasteiger partial charge in [-0.1, -0.05) is 42.3 Å². The number of carbonyl (C=O) groups excluding carboxylic acids is 1. The second-order valence-corrected chi connectivity index (χ2v) is 6.33. The van der Waals surface area contributed by atoms with Crippen LogP contribution in [0, 0.1) is 11.8 Å². The molecule has 0 saturated heterocycles. The molecule has 1 amide bonds. The molecule has 1 aromatic rings. The fourth-order valence-electron chi connectivity index (χ4n) is 2.41. The SMILES string of the molecule is CC(CNC(=O)C1CC1c1cccc(Cl)c1Cl)CC(=O)O. The minimum Gasteiger partial charge on any atom is -0.481 e. The van der Waals surface area contributed by atoms with E-state index >= 15 is 0 Å². The zero-order chi connectivity index (χ0) is 15.6. The molecule has 0 aromatic heterocycles. The van der Waals surface area contributed by atoms with Crippen LogP contribution in [-0.2, 0) is 9.59 Å². The van der Waals surface area contributed by atoms with Gasteiger partial charge in [-0.15, -0.1) is 0 Å². The van der Waals surface area contributed by atoms with E-state index in [1.54, 1.807) is 13.0 Å². The summed E-state index contributed by atoms with van der Waals surface area (Å²) in [4.78, 5) is 22.6. The lowest BCUT2D eigenvalue weighted by Crippen LogP contribution is -2.30. The summed E-state index contributed by atoms with van der Waals surface area (Å²) in [6.45, 7) is 2.17. The molecule has 21 heavy (non-hydrogen) atoms. The molecule has 114 valence electrons. The van der Waals surface area contributed by atoms with Gasteiger partial charge in [-0.25, -0.2) is 0 Å². The van der Waals surface area contributed by atoms with Crippen molar-refractivity contribution >= 4 is 35.1 Å². The third-order valence-corrected chi connectivity index (χ3v) is 4.49. The molecule has 1 fully saturated rings. The molecule has 1 aliphatic rings. The summed E-state index contributed by atoms with van der Waals surface area (Å²) in [5.74, 6) is -0.984. The Bertz CT molecular complexity index is 562. The third kappa shape index (κ3) is 4.11. The number of hydrogen-bond acceptors (Lipinski definition) is 2. The Hall–Kier alpha value is -1.26. The van der Waals surface area contributed by atoms with E-state index < -0.39 is 5.97 Å². The Labute approximate surface area is 133 Å². The van der Waals surface area contributed by atoms with Gasteiger partial charge in [-0.2, -0.15) is 0 Å². The standard InChI is InChI=1S/C15H17Cl2NO3/c1-8(5-13(19)20)7-18-15(21)11-6-10(11)9-3-2-4-12(16)14(9)17/h2-4,8,10-11H,5-7H2,1H3,(H,18,21)(H,19,20). The summed E-state index contributed by atoms with van der Waals surface area (Å²) in [6, 6.07) is 5.43. The molecule has 3 atom stereocenters. The van der Waals surface area contributed by atoms with Gasteiger partial charge in [-0.05, 0) is 29.9 Å². The first-order chi connectivity index (χ1) is 9.90. The summed E-state index contributed by atoms with van der Waals surface area (Å²) in [5, 5.41) is 12.5. The summed E-state index contributed by atoms with van der Waals surface area (Å²) >= 11 is 12.1. The van der Waals surface area contributed by atoms with Gasteiger partial charge in [0.05, 0.1) is 10.0 Å². The Morgan fingerprint density at radius 3 is 2.81 bits per heavy atom. The lowest BCUT2D eigenvalue weighted by atomic mass is 10.1. The number of halogens is 2. The van der Waals surface area contributed by atoms with Crippen LogP contribution in [0.4, 0.5) is 0 Å². The van der Waals surface area contributed by atoms with Crippen molar-refractivity contribution in [1.82, 2.24) is 5.32 Å². The highest BCUT2D eigenvalue weighted by atomic mass is 35.5. The lowest BCUT2D eigenvalue weighted by Gasteiger charge is -2.10. The highest BCUT2D eigenvalue weighted by molar-refractivity contribution is 6.42. The van der Waals surface area contributed by atoms with Crippen LogP contribution in [0.25, 0.3) is 0 Å². The van der Waals surface area contributed by atoms with Gasteiger partial charge in [0.2, 0.25) is 5.91 Å². The second kappa shape index (κ2) is 6.67. The highest BCUT2D eigenvalue weighted by Gasteiger charge is 2.44. The van der Waals surface area contributed by atoms with E-state index in [2.05, 4.69) is 5.32 Å². The van der Waals surface area contributed by atoms with E-state index in [9.17, 15) is 9.59 Å². The molecular formula is C15H17Cl2NO3. The van der Waals surface area contributed by atoms with Crippen LogP contribution < -0.4 is 5.32 Å². The number of rotatable bonds is 6. The van der Waals surface area contributed by atoms with E-state index in [-0.39, 0.29) is 30.1 Å². The van der Waals surface area contributed by atoms with Gasteiger partial charge < -0.3 is 10.4 Å². The molecular weight excluding hydrogens is 313 g/mol. The number of carboxylic acid groups (broad SMARTS) is 1. The van der Waals surface area contributed by atoms with E-state index in [1.807, 2.05) is 12.1 Å². The van der Waals surface area contributed by atoms with Gasteiger partial charge in [0.25, 0.3) is 0 Å². The van der Waals surface area contributed by atoms with Crippen molar-refractivity contribution in [2.45, 2.75) is 25.7 Å². The molecule has 1 aromatic carbocycles. The van der Waals surface area contributed by atoms with Gasteiger partial charge in [0.1, 0.15) is 0 Å². The average molecular weight is 330 g/mol. The first-order valence-electron chi connectivity index (χ1n) is 6.83. The number of benzene rings is 1. The third-order valence-electron chi connectivity index (χ3n) is 3.66. The molecule has 1 aliphatic carbocycles. The van der Waals surface area contributed by atoms with Crippen molar-refractivity contribution in [2.75, 3.05) is 6.54 Å². The summed E-state index contributed by atoms with van der Waals surface area (Å²) in [7, 11) is 0. The molecule has 1 saturated carbocycles. The zero-order valence-electron chi connectivity index (χ0n) is 11.6. The molecule has 0 bridgehead atoms. The zero-order valence-corrected chi connectivity index (χ0v) is 13.1. The van der Waals surface area contributed by atoms with Crippen LogP contribution in [0.2, 0.25) is 10.0 Å². The van der Waals surface area contributed by atoms with E-state index in [0.29, 0.717) is 16.6 Å². The fraction of sp³-hybridized carbons (Fsp3) is 0.467. The van der Waals surface area contributed by atoms with Crippen molar-refractivity contribution in [2.24, 2.45) is 11.8 Å². The molecule has 6 heteroatoms. The molecule has 0 aliphatic heterocycles. The van der Waals surface area contributed by atoms with Gasteiger partial charge in [-0.3, -0.25) is 9.59 Å². The Kier molecular flexibility index (Phi) is 5.12. The molecule has 0 radical (unpaired) electrons. The van der Waals surface area contributed by atoms with E-state index in [1.165, 1.54) is 0 Å². The van der Waals surface area contributed by atoms with Crippen LogP contribution >= 0.6 is 23.2 Å². The lowest BCUT2D eigenvalue weighted by molar-refractivity contribution is -0.138. The number of nitrogens with one attached hydrogen (secondary N) is 1. The minimum atomic E-state index is -0.855. The van der Waals surface area contributed by atoms with Gasteiger partial charge >= 0.3 is 5.97 Å². The van der Waals surface area contributed by atoms with Crippen molar-refractivity contribution in [3.63, 3.8) is 0 Å². The van der Waals surface area contributed by atoms with Crippen LogP contribution in [0.5, 0.6) is 0 Å². The number of carboxylic acids is 1. The Morgan fingerprint density at radius 1 is 1.43 bits per heavy atom. The quantitative estimate of drug-likeness (QED) is 0.841. The number of carbonyl (C=O) groups is 2. The maximum Gasteiger partial charge on any atom is 0.303 e. The molecule has 4 nitrogen and oxygen atoms in total. The van der Waals surface area contributed by atoms with Crippen LogP contribution in [0.3, 0.4) is 0 Å². The Balaban J connectivity index is 1.87. The maximum absolute atomic E-state index is 12.0. The Morgan fingerprint density at radius 2 is 2.14 bits per heavy atom. The predicted octanol–water partition coefficient (Wildman–Crippen LogP) is 3.32. The van der Waals surface area contributed by atoms with Crippen LogP contribution in [0.15, 0.2) is 18.2 Å². The summed E-state index contributed by atoms with van der Waals surface area (Å²) in [6.07, 6.45) is 0.799. The van der Waals surface area contributed by atoms with Crippen molar-refractivity contribution < 1.29 is 14.7 Å². The number of amides is 1. The number of aliphatic carboxylic acids is 1. The molecule has 2 N–H and O–H groups in total. The first kappa shape index (κ1) is 16.1. The van der Waals surface area contributed by atoms with Crippen LogP contribution in [-0.4, -0.2) is 23.5 Å². The summed E-state index contributed by atoms with van der Waals surface area (Å²) in [5.41, 5.74) is 0.905. The van der Waals surface area contributed by atoms with Crippen molar-refractivity contribution in [1.29, 1.82) is 0 Å². The predicted molar refractivity (Wildman–Crippen MR) is 81.7 cm³/mol. The van der Waals surface area contributed by atoms with Crippen molar-refractivity contribution in [3.05, 3.63) is 33.8 Å². The molecule has 2 rings (SSSR count). The molecule has 0 heterocycles. The summed E-state index contributed by atoms with van der Waals surface area (Å²) < 4.78 is 0. The van der Waals surface area contributed by atoms with E-state index in [4.69, 9.17) is 28.3 Å². The highest BCUT2D eigenvalue weighted by Crippen LogP contribution is 2.50. The van der Waals surface area contributed by atoms with E-state index in [0.717, 1.165) is 12.0 Å². The normalized spacial score (nSPS) is 21.7. The maximum atomic E-state index is 12.0. The van der Waals surface area contributed by atoms with Crippen molar-refractivity contribution in [3.8, 4) is 0 Å². The van der Waals surface area contributed by atoms with Crippen LogP contribution in [0.1, 0.15) is 31.2 Å². The minimum absolute atomic E-state index is 0.0479. The molecule has 3 unspecified atom stereocenters. The largest absolute Gasteiger partial charge is 0.481 e. The van der Waals surface area contributed by atoms with Gasteiger partial charge in [0.15, 0.2) is 0 Å². The first-order valence-corrected chi connectivity index (χ1v) is 7.59. The smallest absolute Gasteiger partial charge is 0.303 e. The second-order valence-electron chi connectivity index (χ2n) is 5.54. The number of hydrogen-bond donors (Lipinski definition) is 2. The molecule has 0 spiro atoms.